The topological polar surface area (TPSA) is 142 Å². The van der Waals surface area contributed by atoms with E-state index in [1.807, 2.05) is 0 Å². The molecule has 0 bridgehead atoms. The van der Waals surface area contributed by atoms with Crippen molar-refractivity contribution in [1.82, 2.24) is 10.2 Å². The van der Waals surface area contributed by atoms with Gasteiger partial charge in [-0.1, -0.05) is 5.16 Å². The molecule has 0 aromatic carbocycles. The Morgan fingerprint density at radius 3 is 2.88 bits per heavy atom. The smallest absolute Gasteiger partial charge is 0.352 e. The van der Waals surface area contributed by atoms with Crippen molar-refractivity contribution < 1.29 is 33.9 Å². The maximum absolute atomic E-state index is 12.5. The van der Waals surface area contributed by atoms with Crippen LogP contribution in [0.15, 0.2) is 39.2 Å². The number of carbonyl (C=O) groups excluding carboxylic acids is 2. The first-order valence-corrected chi connectivity index (χ1v) is 8.51. The van der Waals surface area contributed by atoms with Crippen LogP contribution in [0.4, 0.5) is 0 Å². The van der Waals surface area contributed by atoms with E-state index in [0.29, 0.717) is 0 Å². The summed E-state index contributed by atoms with van der Waals surface area (Å²) >= 11 is 1.26. The Morgan fingerprint density at radius 2 is 2.31 bits per heavy atom. The third kappa shape index (κ3) is 2.95. The third-order valence-electron chi connectivity index (χ3n) is 3.88. The Hall–Kier alpha value is -2.79. The van der Waals surface area contributed by atoms with Crippen LogP contribution in [0.2, 0.25) is 0 Å². The molecule has 0 unspecified atom stereocenters. The molecule has 2 aliphatic heterocycles. The summed E-state index contributed by atoms with van der Waals surface area (Å²) in [6, 6.07) is 2.17. The predicted molar refractivity (Wildman–Crippen MR) is 89.0 cm³/mol. The van der Waals surface area contributed by atoms with Gasteiger partial charge in [0, 0.05) is 5.75 Å². The molecule has 3 rings (SSSR count). The van der Waals surface area contributed by atoms with E-state index in [-0.39, 0.29) is 28.5 Å². The minimum Gasteiger partial charge on any atom is -0.477 e. The largest absolute Gasteiger partial charge is 0.477 e. The molecule has 26 heavy (non-hydrogen) atoms. The highest BCUT2D eigenvalue weighted by Gasteiger charge is 2.54. The highest BCUT2D eigenvalue weighted by molar-refractivity contribution is 8.00. The van der Waals surface area contributed by atoms with Crippen LogP contribution in [0, 0.1) is 0 Å². The summed E-state index contributed by atoms with van der Waals surface area (Å²) in [7, 11) is 1.27. The number of furan rings is 1. The molecule has 10 nitrogen and oxygen atoms in total. The van der Waals surface area contributed by atoms with E-state index < -0.39 is 35.8 Å². The highest BCUT2D eigenvalue weighted by atomic mass is 32.2. The number of carboxylic acids is 1. The Kier molecular flexibility index (Phi) is 5.00. The van der Waals surface area contributed by atoms with Gasteiger partial charge in [-0.25, -0.2) is 4.79 Å². The van der Waals surface area contributed by atoms with Gasteiger partial charge in [0.15, 0.2) is 5.76 Å². The fourth-order valence-electron chi connectivity index (χ4n) is 2.72. The number of aliphatic hydroxyl groups is 1. The molecule has 3 N–H and O–H groups in total. The van der Waals surface area contributed by atoms with Gasteiger partial charge in [0.25, 0.3) is 11.8 Å². The number of carboxylic acid groups (broad SMARTS) is 1. The zero-order chi connectivity index (χ0) is 18.8. The van der Waals surface area contributed by atoms with E-state index in [9.17, 15) is 24.6 Å². The van der Waals surface area contributed by atoms with Gasteiger partial charge < -0.3 is 24.8 Å². The Morgan fingerprint density at radius 1 is 1.54 bits per heavy atom. The number of nitrogens with one attached hydrogen (secondary N) is 1. The standard InChI is InChI=1S/C15H15N3O7S/c1-24-17-9(8-3-2-4-25-8)12(20)16-10-13(21)18-11(15(22)23)7(5-19)6-26-14(10)18/h2-4,10,14,19H,5-6H2,1H3,(H,16,20)(H,22,23)/b17-9+/t10-,14-/m1/s1. The molecule has 0 spiro atoms. The third-order valence-corrected chi connectivity index (χ3v) is 5.22. The van der Waals surface area contributed by atoms with Crippen molar-refractivity contribution in [3.05, 3.63) is 35.4 Å². The van der Waals surface area contributed by atoms with Gasteiger partial charge >= 0.3 is 5.97 Å². The Labute approximate surface area is 151 Å². The van der Waals surface area contributed by atoms with Crippen LogP contribution < -0.4 is 5.32 Å². The highest BCUT2D eigenvalue weighted by Crippen LogP contribution is 2.40. The van der Waals surface area contributed by atoms with Crippen molar-refractivity contribution in [2.24, 2.45) is 5.16 Å². The Balaban J connectivity index is 1.78. The Bertz CT molecular complexity index is 802. The molecular weight excluding hydrogens is 366 g/mol. The number of thioether (sulfide) groups is 1. The second kappa shape index (κ2) is 7.22. The fourth-order valence-corrected chi connectivity index (χ4v) is 4.05. The zero-order valence-corrected chi connectivity index (χ0v) is 14.4. The summed E-state index contributed by atoms with van der Waals surface area (Å²) in [4.78, 5) is 42.0. The number of hydrogen-bond donors (Lipinski definition) is 3. The summed E-state index contributed by atoms with van der Waals surface area (Å²) in [5.41, 5.74) is -0.118. The number of amides is 2. The van der Waals surface area contributed by atoms with Crippen molar-refractivity contribution in [1.29, 1.82) is 0 Å². The molecule has 2 aliphatic rings. The fraction of sp³-hybridized carbons (Fsp3) is 0.333. The number of aliphatic carboxylic acids is 1. The molecule has 1 fully saturated rings. The predicted octanol–water partition coefficient (Wildman–Crippen LogP) is -0.639. The number of aliphatic hydroxyl groups excluding tert-OH is 1. The molecular formula is C15H15N3O7S. The molecule has 1 saturated heterocycles. The molecule has 2 atom stereocenters. The van der Waals surface area contributed by atoms with E-state index in [2.05, 4.69) is 15.3 Å². The molecule has 1 aromatic heterocycles. The minimum absolute atomic E-state index is 0.144. The first kappa shape index (κ1) is 18.0. The number of β-lactam (4-membered cyclic amide) rings is 1. The van der Waals surface area contributed by atoms with Crippen LogP contribution in [0.1, 0.15) is 5.76 Å². The van der Waals surface area contributed by atoms with Crippen molar-refractivity contribution >= 4 is 35.3 Å². The molecule has 138 valence electrons. The number of hydrogen-bond acceptors (Lipinski definition) is 8. The van der Waals surface area contributed by atoms with E-state index in [1.165, 1.54) is 31.2 Å². The van der Waals surface area contributed by atoms with Crippen LogP contribution in [-0.2, 0) is 19.2 Å². The average molecular weight is 381 g/mol. The van der Waals surface area contributed by atoms with E-state index in [0.717, 1.165) is 4.90 Å². The van der Waals surface area contributed by atoms with Gasteiger partial charge in [-0.2, -0.15) is 0 Å². The van der Waals surface area contributed by atoms with Crippen molar-refractivity contribution in [3.8, 4) is 0 Å². The normalized spacial score (nSPS) is 22.6. The monoisotopic (exact) mass is 381 g/mol. The first-order valence-electron chi connectivity index (χ1n) is 7.46. The molecule has 0 aliphatic carbocycles. The lowest BCUT2D eigenvalue weighted by atomic mass is 10.0. The molecule has 2 amide bonds. The summed E-state index contributed by atoms with van der Waals surface area (Å²) in [5, 5.41) is 24.2. The molecule has 3 heterocycles. The number of nitrogens with zero attached hydrogens (tertiary/aromatic N) is 2. The van der Waals surface area contributed by atoms with Gasteiger partial charge in [0.2, 0.25) is 5.71 Å². The van der Waals surface area contributed by atoms with Crippen molar-refractivity contribution in [2.75, 3.05) is 19.5 Å². The van der Waals surface area contributed by atoms with Gasteiger partial charge in [-0.05, 0) is 17.7 Å². The maximum atomic E-state index is 12.5. The first-order chi connectivity index (χ1) is 12.5. The number of fused-ring (bicyclic) bond motifs is 1. The van der Waals surface area contributed by atoms with Crippen LogP contribution in [-0.4, -0.2) is 69.5 Å². The van der Waals surface area contributed by atoms with Crippen LogP contribution >= 0.6 is 11.8 Å². The second-order valence-electron chi connectivity index (χ2n) is 5.38. The SMILES string of the molecule is CO/N=C(/C(=O)N[C@@H]1C(=O)N2C(C(=O)O)=C(CO)CS[C@H]12)c1ccco1. The second-order valence-corrected chi connectivity index (χ2v) is 6.48. The van der Waals surface area contributed by atoms with Crippen LogP contribution in [0.5, 0.6) is 0 Å². The molecule has 11 heteroatoms. The maximum Gasteiger partial charge on any atom is 0.352 e. The van der Waals surface area contributed by atoms with Gasteiger partial charge in [-0.15, -0.1) is 11.8 Å². The zero-order valence-electron chi connectivity index (χ0n) is 13.5. The number of carbonyl (C=O) groups is 3. The lowest BCUT2D eigenvalue weighted by Crippen LogP contribution is -2.71. The van der Waals surface area contributed by atoms with Crippen molar-refractivity contribution in [2.45, 2.75) is 11.4 Å². The number of rotatable bonds is 6. The van der Waals surface area contributed by atoms with Crippen molar-refractivity contribution in [3.63, 3.8) is 0 Å². The summed E-state index contributed by atoms with van der Waals surface area (Å²) in [5.74, 6) is -2.15. The lowest BCUT2D eigenvalue weighted by molar-refractivity contribution is -0.150. The van der Waals surface area contributed by atoms with E-state index >= 15 is 0 Å². The summed E-state index contributed by atoms with van der Waals surface area (Å²) in [6.45, 7) is -0.453. The molecule has 1 aromatic rings. The summed E-state index contributed by atoms with van der Waals surface area (Å²) in [6.07, 6.45) is 1.36. The average Bonchev–Trinajstić information content (AvgIpc) is 3.16. The van der Waals surface area contributed by atoms with Gasteiger partial charge in [0.1, 0.15) is 24.2 Å². The minimum atomic E-state index is -1.30. The van der Waals surface area contributed by atoms with Gasteiger partial charge in [-0.3, -0.25) is 14.5 Å². The lowest BCUT2D eigenvalue weighted by Gasteiger charge is -2.49. The van der Waals surface area contributed by atoms with E-state index in [4.69, 9.17) is 4.42 Å². The van der Waals surface area contributed by atoms with Crippen LogP contribution in [0.3, 0.4) is 0 Å². The molecule has 0 radical (unpaired) electrons. The van der Waals surface area contributed by atoms with Gasteiger partial charge in [0.05, 0.1) is 12.9 Å². The van der Waals surface area contributed by atoms with E-state index in [1.54, 1.807) is 6.07 Å². The molecule has 0 saturated carbocycles. The summed E-state index contributed by atoms with van der Waals surface area (Å²) < 4.78 is 5.13. The number of oxime groups is 1. The quantitative estimate of drug-likeness (QED) is 0.336. The van der Waals surface area contributed by atoms with Crippen LogP contribution in [0.25, 0.3) is 0 Å².